The minimum atomic E-state index is -0.432. The lowest BCUT2D eigenvalue weighted by atomic mass is 9.90. The molecule has 0 radical (unpaired) electrons. The summed E-state index contributed by atoms with van der Waals surface area (Å²) in [5.41, 5.74) is 1.12. The summed E-state index contributed by atoms with van der Waals surface area (Å²) in [6, 6.07) is 5.51. The van der Waals surface area contributed by atoms with Crippen LogP contribution in [0.3, 0.4) is 0 Å². The molecule has 0 spiro atoms. The fourth-order valence-electron chi connectivity index (χ4n) is 3.10. The number of carbonyl (C=O) groups excluding carboxylic acids is 2. The van der Waals surface area contributed by atoms with Gasteiger partial charge in [-0.2, -0.15) is 0 Å². The maximum Gasteiger partial charge on any atom is 0.308 e. The van der Waals surface area contributed by atoms with Crippen LogP contribution in [-0.4, -0.2) is 36.5 Å². The molecule has 1 aliphatic rings. The molecule has 1 aliphatic heterocycles. The van der Waals surface area contributed by atoms with Crippen molar-refractivity contribution in [2.75, 3.05) is 19.6 Å². The summed E-state index contributed by atoms with van der Waals surface area (Å²) in [5.74, 6) is 0.163. The smallest absolute Gasteiger partial charge is 0.308 e. The molecule has 1 aromatic carbocycles. The minimum Gasteiger partial charge on any atom is -0.423 e. The number of benzene rings is 1. The van der Waals surface area contributed by atoms with Gasteiger partial charge in [0.25, 0.3) is 0 Å². The van der Waals surface area contributed by atoms with Crippen LogP contribution in [0.4, 0.5) is 0 Å². The summed E-state index contributed by atoms with van der Waals surface area (Å²) < 4.78 is 10.3. The molecule has 1 heterocycles. The first-order chi connectivity index (χ1) is 11.0. The van der Waals surface area contributed by atoms with E-state index in [0.717, 1.165) is 38.0 Å². The molecular weight excluding hydrogens is 294 g/mol. The minimum absolute atomic E-state index is 0.290. The molecule has 0 aliphatic carbocycles. The van der Waals surface area contributed by atoms with E-state index in [4.69, 9.17) is 9.47 Å². The Labute approximate surface area is 137 Å². The molecule has 0 aromatic heterocycles. The molecule has 1 fully saturated rings. The summed E-state index contributed by atoms with van der Waals surface area (Å²) in [6.45, 7) is 8.13. The standard InChI is InChI=1S/C18H25NO4/c1-4-9-19-10-5-6-16(12-19)15-7-8-17(22-13(2)20)18(11-15)23-14(3)21/h7-8,11,16H,4-6,9-10,12H2,1-3H3. The van der Waals surface area contributed by atoms with Crippen LogP contribution in [-0.2, 0) is 9.59 Å². The van der Waals surface area contributed by atoms with Crippen LogP contribution in [0, 0.1) is 0 Å². The highest BCUT2D eigenvalue weighted by Gasteiger charge is 2.22. The lowest BCUT2D eigenvalue weighted by molar-refractivity contribution is -0.134. The first-order valence-electron chi connectivity index (χ1n) is 8.22. The monoisotopic (exact) mass is 319 g/mol. The van der Waals surface area contributed by atoms with Crippen molar-refractivity contribution in [2.24, 2.45) is 0 Å². The van der Waals surface area contributed by atoms with Crippen molar-refractivity contribution >= 4 is 11.9 Å². The summed E-state index contributed by atoms with van der Waals surface area (Å²) in [5, 5.41) is 0. The van der Waals surface area contributed by atoms with Gasteiger partial charge in [-0.15, -0.1) is 0 Å². The predicted octanol–water partition coefficient (Wildman–Crippen LogP) is 3.13. The number of nitrogens with zero attached hydrogens (tertiary/aromatic N) is 1. The number of likely N-dealkylation sites (tertiary alicyclic amines) is 1. The fraction of sp³-hybridized carbons (Fsp3) is 0.556. The van der Waals surface area contributed by atoms with Crippen molar-refractivity contribution in [3.05, 3.63) is 23.8 Å². The van der Waals surface area contributed by atoms with E-state index in [0.29, 0.717) is 11.7 Å². The van der Waals surface area contributed by atoms with E-state index >= 15 is 0 Å². The normalized spacial score (nSPS) is 18.5. The molecule has 1 aromatic rings. The van der Waals surface area contributed by atoms with Crippen molar-refractivity contribution < 1.29 is 19.1 Å². The molecule has 126 valence electrons. The average molecular weight is 319 g/mol. The molecule has 5 nitrogen and oxygen atoms in total. The van der Waals surface area contributed by atoms with E-state index in [1.807, 2.05) is 12.1 Å². The van der Waals surface area contributed by atoms with Gasteiger partial charge in [-0.3, -0.25) is 9.59 Å². The summed E-state index contributed by atoms with van der Waals surface area (Å²) >= 11 is 0. The highest BCUT2D eigenvalue weighted by atomic mass is 16.6. The lowest BCUT2D eigenvalue weighted by Gasteiger charge is -2.33. The summed E-state index contributed by atoms with van der Waals surface area (Å²) in [6.07, 6.45) is 3.43. The lowest BCUT2D eigenvalue weighted by Crippen LogP contribution is -2.34. The number of ether oxygens (including phenoxy) is 2. The average Bonchev–Trinajstić information content (AvgIpc) is 2.48. The number of piperidine rings is 1. The van der Waals surface area contributed by atoms with Gasteiger partial charge in [-0.25, -0.2) is 0 Å². The highest BCUT2D eigenvalue weighted by molar-refractivity contribution is 5.73. The maximum atomic E-state index is 11.3. The molecule has 5 heteroatoms. The zero-order valence-electron chi connectivity index (χ0n) is 14.1. The molecule has 1 saturated heterocycles. The van der Waals surface area contributed by atoms with Gasteiger partial charge < -0.3 is 14.4 Å². The van der Waals surface area contributed by atoms with E-state index in [2.05, 4.69) is 11.8 Å². The first-order valence-corrected chi connectivity index (χ1v) is 8.22. The van der Waals surface area contributed by atoms with Crippen molar-refractivity contribution in [1.29, 1.82) is 0 Å². The fourth-order valence-corrected chi connectivity index (χ4v) is 3.10. The van der Waals surface area contributed by atoms with E-state index in [1.54, 1.807) is 6.07 Å². The van der Waals surface area contributed by atoms with Gasteiger partial charge in [0, 0.05) is 20.4 Å². The SMILES string of the molecule is CCCN1CCCC(c2ccc(OC(C)=O)c(OC(C)=O)c2)C1. The van der Waals surface area contributed by atoms with E-state index in [9.17, 15) is 9.59 Å². The predicted molar refractivity (Wildman–Crippen MR) is 87.8 cm³/mol. The van der Waals surface area contributed by atoms with Crippen LogP contribution >= 0.6 is 0 Å². The number of esters is 2. The van der Waals surface area contributed by atoms with E-state index < -0.39 is 11.9 Å². The maximum absolute atomic E-state index is 11.3. The second-order valence-corrected chi connectivity index (χ2v) is 6.03. The van der Waals surface area contributed by atoms with Gasteiger partial charge in [-0.1, -0.05) is 13.0 Å². The van der Waals surface area contributed by atoms with Gasteiger partial charge in [0.15, 0.2) is 11.5 Å². The van der Waals surface area contributed by atoms with Crippen LogP contribution in [0.25, 0.3) is 0 Å². The van der Waals surface area contributed by atoms with E-state index in [1.165, 1.54) is 20.3 Å². The second kappa shape index (κ2) is 8.11. The highest BCUT2D eigenvalue weighted by Crippen LogP contribution is 2.34. The summed E-state index contributed by atoms with van der Waals surface area (Å²) in [7, 11) is 0. The van der Waals surface area contributed by atoms with Gasteiger partial charge in [0.1, 0.15) is 0 Å². The number of rotatable bonds is 5. The quantitative estimate of drug-likeness (QED) is 0.616. The second-order valence-electron chi connectivity index (χ2n) is 6.03. The molecule has 0 bridgehead atoms. The third-order valence-corrected chi connectivity index (χ3v) is 3.99. The van der Waals surface area contributed by atoms with Crippen LogP contribution in [0.15, 0.2) is 18.2 Å². The van der Waals surface area contributed by atoms with Crippen molar-refractivity contribution in [3.8, 4) is 11.5 Å². The molecule has 1 unspecified atom stereocenters. The third-order valence-electron chi connectivity index (χ3n) is 3.99. The topological polar surface area (TPSA) is 55.8 Å². The van der Waals surface area contributed by atoms with E-state index in [-0.39, 0.29) is 5.75 Å². The molecule has 0 N–H and O–H groups in total. The number of hydrogen-bond acceptors (Lipinski definition) is 5. The Bertz CT molecular complexity index is 568. The zero-order chi connectivity index (χ0) is 16.8. The third kappa shape index (κ3) is 5.06. The van der Waals surface area contributed by atoms with Crippen molar-refractivity contribution in [2.45, 2.75) is 46.0 Å². The molecular formula is C18H25NO4. The van der Waals surface area contributed by atoms with Gasteiger partial charge in [0.05, 0.1) is 0 Å². The Kier molecular flexibility index (Phi) is 6.16. The Morgan fingerprint density at radius 1 is 1.17 bits per heavy atom. The number of hydrogen-bond donors (Lipinski definition) is 0. The molecule has 0 saturated carbocycles. The van der Waals surface area contributed by atoms with Crippen LogP contribution in [0.2, 0.25) is 0 Å². The Morgan fingerprint density at radius 3 is 2.52 bits per heavy atom. The van der Waals surface area contributed by atoms with Crippen LogP contribution < -0.4 is 9.47 Å². The zero-order valence-corrected chi connectivity index (χ0v) is 14.1. The number of carbonyl (C=O) groups is 2. The molecule has 23 heavy (non-hydrogen) atoms. The first kappa shape index (κ1) is 17.5. The Morgan fingerprint density at radius 2 is 1.87 bits per heavy atom. The molecule has 0 amide bonds. The van der Waals surface area contributed by atoms with Crippen LogP contribution in [0.5, 0.6) is 11.5 Å². The van der Waals surface area contributed by atoms with Gasteiger partial charge in [-0.05, 0) is 56.0 Å². The molecule has 2 rings (SSSR count). The summed E-state index contributed by atoms with van der Waals surface area (Å²) in [4.78, 5) is 25.0. The Balaban J connectivity index is 2.21. The largest absolute Gasteiger partial charge is 0.423 e. The Hall–Kier alpha value is -1.88. The van der Waals surface area contributed by atoms with Gasteiger partial charge in [0.2, 0.25) is 0 Å². The molecule has 1 atom stereocenters. The van der Waals surface area contributed by atoms with Crippen LogP contribution in [0.1, 0.15) is 51.5 Å². The van der Waals surface area contributed by atoms with Crippen molar-refractivity contribution in [1.82, 2.24) is 4.90 Å². The van der Waals surface area contributed by atoms with Crippen molar-refractivity contribution in [3.63, 3.8) is 0 Å². The van der Waals surface area contributed by atoms with Gasteiger partial charge >= 0.3 is 11.9 Å².